The predicted molar refractivity (Wildman–Crippen MR) is 110 cm³/mol. The molecule has 9 heteroatoms. The van der Waals surface area contributed by atoms with Gasteiger partial charge in [-0.05, 0) is 30.3 Å². The average molecular weight is 408 g/mol. The van der Waals surface area contributed by atoms with Crippen molar-refractivity contribution in [2.45, 2.75) is 6.61 Å². The minimum Gasteiger partial charge on any atom is -0.506 e. The Morgan fingerprint density at radius 1 is 1.20 bits per heavy atom. The Balaban J connectivity index is 1.65. The van der Waals surface area contributed by atoms with E-state index in [1.54, 1.807) is 30.5 Å². The SMILES string of the molecule is C=CCOc1ccc(COc2ccc(O)c(NC(=O)c3ccc(=O)n(C)n3)c2)nc1. The largest absolute Gasteiger partial charge is 0.506 e. The monoisotopic (exact) mass is 408 g/mol. The van der Waals surface area contributed by atoms with Crippen LogP contribution in [0.1, 0.15) is 16.2 Å². The molecule has 9 nitrogen and oxygen atoms in total. The van der Waals surface area contributed by atoms with Crippen molar-refractivity contribution in [3.63, 3.8) is 0 Å². The number of hydrogen-bond acceptors (Lipinski definition) is 7. The molecule has 3 aromatic rings. The highest BCUT2D eigenvalue weighted by atomic mass is 16.5. The fourth-order valence-corrected chi connectivity index (χ4v) is 2.41. The van der Waals surface area contributed by atoms with Crippen molar-refractivity contribution < 1.29 is 19.4 Å². The first-order valence-corrected chi connectivity index (χ1v) is 8.96. The number of nitrogens with zero attached hydrogens (tertiary/aromatic N) is 3. The number of phenolic OH excluding ortho intramolecular Hbond substituents is 1. The van der Waals surface area contributed by atoms with E-state index in [1.807, 2.05) is 0 Å². The van der Waals surface area contributed by atoms with Gasteiger partial charge in [-0.3, -0.25) is 14.6 Å². The number of carbonyl (C=O) groups is 1. The first kappa shape index (κ1) is 20.6. The second kappa shape index (κ2) is 9.37. The highest BCUT2D eigenvalue weighted by Gasteiger charge is 2.12. The maximum absolute atomic E-state index is 12.4. The fraction of sp³-hybridized carbons (Fsp3) is 0.143. The van der Waals surface area contributed by atoms with Gasteiger partial charge in [-0.1, -0.05) is 12.7 Å². The van der Waals surface area contributed by atoms with Crippen LogP contribution in [0.5, 0.6) is 17.2 Å². The number of pyridine rings is 1. The van der Waals surface area contributed by atoms with Crippen LogP contribution in [0.4, 0.5) is 5.69 Å². The molecular formula is C21H20N4O5. The summed E-state index contributed by atoms with van der Waals surface area (Å²) in [6.45, 7) is 4.17. The number of phenols is 1. The third-order valence-corrected chi connectivity index (χ3v) is 3.96. The number of aromatic nitrogens is 3. The summed E-state index contributed by atoms with van der Waals surface area (Å²) in [5.74, 6) is 0.336. The van der Waals surface area contributed by atoms with Crippen LogP contribution in [0, 0.1) is 0 Å². The zero-order valence-electron chi connectivity index (χ0n) is 16.2. The maximum atomic E-state index is 12.4. The number of carbonyl (C=O) groups excluding carboxylic acids is 1. The van der Waals surface area contributed by atoms with Gasteiger partial charge in [0.2, 0.25) is 0 Å². The molecule has 0 aliphatic carbocycles. The van der Waals surface area contributed by atoms with Gasteiger partial charge in [0, 0.05) is 19.2 Å². The zero-order valence-corrected chi connectivity index (χ0v) is 16.2. The third kappa shape index (κ3) is 5.22. The Morgan fingerprint density at radius 2 is 2.00 bits per heavy atom. The lowest BCUT2D eigenvalue weighted by Crippen LogP contribution is -2.23. The summed E-state index contributed by atoms with van der Waals surface area (Å²) in [5.41, 5.74) is 0.521. The van der Waals surface area contributed by atoms with E-state index in [0.717, 1.165) is 4.68 Å². The molecule has 0 atom stereocenters. The highest BCUT2D eigenvalue weighted by Crippen LogP contribution is 2.28. The molecule has 2 heterocycles. The second-order valence-corrected chi connectivity index (χ2v) is 6.19. The van der Waals surface area contributed by atoms with Crippen LogP contribution in [-0.2, 0) is 13.7 Å². The van der Waals surface area contributed by atoms with Crippen molar-refractivity contribution in [2.24, 2.45) is 7.05 Å². The Kier molecular flexibility index (Phi) is 6.43. The molecule has 30 heavy (non-hydrogen) atoms. The number of ether oxygens (including phenoxy) is 2. The Hall–Kier alpha value is -4.14. The summed E-state index contributed by atoms with van der Waals surface area (Å²) < 4.78 is 12.1. The van der Waals surface area contributed by atoms with Crippen LogP contribution in [0.2, 0.25) is 0 Å². The number of aryl methyl sites for hydroxylation is 1. The molecule has 0 fully saturated rings. The summed E-state index contributed by atoms with van der Waals surface area (Å²) >= 11 is 0. The minimum atomic E-state index is -0.574. The summed E-state index contributed by atoms with van der Waals surface area (Å²) in [6, 6.07) is 10.5. The summed E-state index contributed by atoms with van der Waals surface area (Å²) in [5, 5.41) is 16.5. The molecule has 1 amide bonds. The molecule has 0 radical (unpaired) electrons. The third-order valence-electron chi connectivity index (χ3n) is 3.96. The number of hydrogen-bond donors (Lipinski definition) is 2. The lowest BCUT2D eigenvalue weighted by Gasteiger charge is -2.11. The van der Waals surface area contributed by atoms with E-state index >= 15 is 0 Å². The summed E-state index contributed by atoms with van der Waals surface area (Å²) in [4.78, 5) is 28.0. The smallest absolute Gasteiger partial charge is 0.276 e. The number of anilines is 1. The molecule has 1 aromatic carbocycles. The molecule has 0 unspecified atom stereocenters. The number of nitrogens with one attached hydrogen (secondary N) is 1. The van der Waals surface area contributed by atoms with Crippen LogP contribution in [0.25, 0.3) is 0 Å². The molecular weight excluding hydrogens is 388 g/mol. The molecule has 0 saturated heterocycles. The van der Waals surface area contributed by atoms with Gasteiger partial charge < -0.3 is 19.9 Å². The normalized spacial score (nSPS) is 10.3. The molecule has 2 aromatic heterocycles. The van der Waals surface area contributed by atoms with Gasteiger partial charge in [-0.25, -0.2) is 4.68 Å². The second-order valence-electron chi connectivity index (χ2n) is 6.19. The Labute approximate surface area is 172 Å². The van der Waals surface area contributed by atoms with Crippen molar-refractivity contribution in [3.05, 3.63) is 83.1 Å². The van der Waals surface area contributed by atoms with Gasteiger partial charge in [0.05, 0.1) is 17.6 Å². The standard InChI is InChI=1S/C21H20N4O5/c1-3-10-29-16-5-4-14(22-12-16)13-30-15-6-8-19(26)18(11-15)23-21(28)17-7-9-20(27)25(2)24-17/h3-9,11-12,26H,1,10,13H2,2H3,(H,23,28). The van der Waals surface area contributed by atoms with Gasteiger partial charge in [-0.2, -0.15) is 5.10 Å². The summed E-state index contributed by atoms with van der Waals surface area (Å²) in [7, 11) is 1.44. The van der Waals surface area contributed by atoms with Crippen molar-refractivity contribution in [1.29, 1.82) is 0 Å². The van der Waals surface area contributed by atoms with E-state index in [0.29, 0.717) is 23.8 Å². The molecule has 0 saturated carbocycles. The lowest BCUT2D eigenvalue weighted by atomic mass is 10.2. The number of aromatic hydroxyl groups is 1. The van der Waals surface area contributed by atoms with Gasteiger partial charge in [0.1, 0.15) is 36.2 Å². The highest BCUT2D eigenvalue weighted by molar-refractivity contribution is 6.03. The minimum absolute atomic E-state index is 0.0331. The van der Waals surface area contributed by atoms with Crippen molar-refractivity contribution in [1.82, 2.24) is 14.8 Å². The van der Waals surface area contributed by atoms with Crippen LogP contribution in [0.3, 0.4) is 0 Å². The number of benzene rings is 1. The number of amides is 1. The first-order valence-electron chi connectivity index (χ1n) is 8.96. The van der Waals surface area contributed by atoms with Gasteiger partial charge in [0.15, 0.2) is 0 Å². The first-order chi connectivity index (χ1) is 14.5. The fourth-order valence-electron chi connectivity index (χ4n) is 2.41. The predicted octanol–water partition coefficient (Wildman–Crippen LogP) is 2.28. The Bertz CT molecular complexity index is 1110. The topological polar surface area (TPSA) is 116 Å². The maximum Gasteiger partial charge on any atom is 0.276 e. The van der Waals surface area contributed by atoms with E-state index in [-0.39, 0.29) is 29.3 Å². The quantitative estimate of drug-likeness (QED) is 0.434. The number of rotatable bonds is 8. The van der Waals surface area contributed by atoms with Crippen molar-refractivity contribution >= 4 is 11.6 Å². The molecule has 2 N–H and O–H groups in total. The van der Waals surface area contributed by atoms with Crippen LogP contribution >= 0.6 is 0 Å². The van der Waals surface area contributed by atoms with E-state index < -0.39 is 5.91 Å². The lowest BCUT2D eigenvalue weighted by molar-refractivity contribution is 0.101. The van der Waals surface area contributed by atoms with Crippen molar-refractivity contribution in [2.75, 3.05) is 11.9 Å². The molecule has 3 rings (SSSR count). The molecule has 0 spiro atoms. The van der Waals surface area contributed by atoms with Crippen molar-refractivity contribution in [3.8, 4) is 17.2 Å². The summed E-state index contributed by atoms with van der Waals surface area (Å²) in [6.07, 6.45) is 3.23. The van der Waals surface area contributed by atoms with Gasteiger partial charge in [0.25, 0.3) is 11.5 Å². The van der Waals surface area contributed by atoms with E-state index in [1.165, 1.54) is 31.3 Å². The Morgan fingerprint density at radius 3 is 2.70 bits per heavy atom. The molecule has 0 bridgehead atoms. The van der Waals surface area contributed by atoms with E-state index in [4.69, 9.17) is 9.47 Å². The zero-order chi connectivity index (χ0) is 21.5. The van der Waals surface area contributed by atoms with Crippen LogP contribution < -0.4 is 20.3 Å². The van der Waals surface area contributed by atoms with Gasteiger partial charge >= 0.3 is 0 Å². The molecule has 0 aliphatic rings. The van der Waals surface area contributed by atoms with Crippen LogP contribution in [0.15, 0.2) is 66.1 Å². The molecule has 0 aliphatic heterocycles. The van der Waals surface area contributed by atoms with Crippen LogP contribution in [-0.4, -0.2) is 32.4 Å². The van der Waals surface area contributed by atoms with E-state index in [9.17, 15) is 14.7 Å². The van der Waals surface area contributed by atoms with Gasteiger partial charge in [-0.15, -0.1) is 0 Å². The average Bonchev–Trinajstić information content (AvgIpc) is 2.75. The van der Waals surface area contributed by atoms with E-state index in [2.05, 4.69) is 22.0 Å². The molecule has 154 valence electrons.